The van der Waals surface area contributed by atoms with Crippen molar-refractivity contribution in [3.05, 3.63) is 29.3 Å². The Bertz CT molecular complexity index is 634. The first-order valence-electron chi connectivity index (χ1n) is 9.06. The summed E-state index contributed by atoms with van der Waals surface area (Å²) in [5.74, 6) is 0.378. The van der Waals surface area contributed by atoms with E-state index in [-0.39, 0.29) is 11.8 Å². The maximum atomic E-state index is 12.6. The fraction of sp³-hybridized carbons (Fsp3) is 0.600. The Hall–Kier alpha value is -1.88. The summed E-state index contributed by atoms with van der Waals surface area (Å²) in [6, 6.07) is 5.46. The molecule has 2 amide bonds. The highest BCUT2D eigenvalue weighted by molar-refractivity contribution is 6.00. The molecule has 2 rings (SSSR count). The molecule has 0 aromatic heterocycles. The van der Waals surface area contributed by atoms with Crippen molar-refractivity contribution in [2.75, 3.05) is 32.0 Å². The van der Waals surface area contributed by atoms with Gasteiger partial charge in [-0.3, -0.25) is 9.59 Å². The molecule has 1 saturated heterocycles. The fourth-order valence-electron chi connectivity index (χ4n) is 3.10. The molecule has 2 N–H and O–H groups in total. The first-order chi connectivity index (χ1) is 11.7. The van der Waals surface area contributed by atoms with Crippen LogP contribution in [0.5, 0.6) is 0 Å². The van der Waals surface area contributed by atoms with E-state index < -0.39 is 5.41 Å². The molecule has 0 aliphatic carbocycles. The van der Waals surface area contributed by atoms with E-state index in [9.17, 15) is 9.59 Å². The van der Waals surface area contributed by atoms with Gasteiger partial charge in [-0.25, -0.2) is 0 Å². The maximum absolute atomic E-state index is 12.6. The summed E-state index contributed by atoms with van der Waals surface area (Å²) in [6.07, 6.45) is 2.34. The Labute approximate surface area is 151 Å². The topological polar surface area (TPSA) is 61.4 Å². The quantitative estimate of drug-likeness (QED) is 0.882. The molecule has 0 bridgehead atoms. The van der Waals surface area contributed by atoms with Crippen LogP contribution in [0, 0.1) is 18.3 Å². The second kappa shape index (κ2) is 8.00. The van der Waals surface area contributed by atoms with Crippen LogP contribution in [0.15, 0.2) is 18.2 Å². The van der Waals surface area contributed by atoms with Gasteiger partial charge >= 0.3 is 0 Å². The third-order valence-corrected chi connectivity index (χ3v) is 4.78. The van der Waals surface area contributed by atoms with E-state index in [2.05, 4.69) is 22.6 Å². The number of benzene rings is 1. The normalized spacial score (nSPS) is 18.7. The molecule has 1 aromatic carbocycles. The minimum atomic E-state index is -0.474. The van der Waals surface area contributed by atoms with Gasteiger partial charge in [0.25, 0.3) is 5.91 Å². The van der Waals surface area contributed by atoms with Crippen molar-refractivity contribution in [2.45, 2.75) is 40.5 Å². The second-order valence-electron chi connectivity index (χ2n) is 8.16. The van der Waals surface area contributed by atoms with E-state index in [1.807, 2.05) is 45.9 Å². The lowest BCUT2D eigenvalue weighted by Crippen LogP contribution is -2.39. The van der Waals surface area contributed by atoms with Crippen molar-refractivity contribution < 1.29 is 9.59 Å². The van der Waals surface area contributed by atoms with E-state index in [1.165, 1.54) is 6.42 Å². The van der Waals surface area contributed by atoms with Gasteiger partial charge in [0.05, 0.1) is 0 Å². The maximum Gasteiger partial charge on any atom is 0.251 e. The minimum absolute atomic E-state index is 0.0570. The molecule has 5 nitrogen and oxygen atoms in total. The summed E-state index contributed by atoms with van der Waals surface area (Å²) < 4.78 is 0. The van der Waals surface area contributed by atoms with Gasteiger partial charge < -0.3 is 15.5 Å². The fourth-order valence-corrected chi connectivity index (χ4v) is 3.10. The number of piperidine rings is 1. The summed E-state index contributed by atoms with van der Waals surface area (Å²) >= 11 is 0. The van der Waals surface area contributed by atoms with E-state index in [0.29, 0.717) is 23.7 Å². The largest absolute Gasteiger partial charge is 0.352 e. The number of nitrogens with one attached hydrogen (secondary N) is 2. The van der Waals surface area contributed by atoms with Gasteiger partial charge in [-0.2, -0.15) is 0 Å². The Morgan fingerprint density at radius 3 is 2.64 bits per heavy atom. The highest BCUT2D eigenvalue weighted by atomic mass is 16.2. The number of rotatable bonds is 4. The predicted molar refractivity (Wildman–Crippen MR) is 102 cm³/mol. The molecule has 0 saturated carbocycles. The van der Waals surface area contributed by atoms with Gasteiger partial charge in [-0.1, -0.05) is 26.8 Å². The number of hydrogen-bond donors (Lipinski definition) is 2. The molecule has 1 atom stereocenters. The first-order valence-corrected chi connectivity index (χ1v) is 9.06. The van der Waals surface area contributed by atoms with Crippen molar-refractivity contribution in [1.82, 2.24) is 10.2 Å². The Balaban J connectivity index is 2.02. The van der Waals surface area contributed by atoms with Crippen LogP contribution in [0.2, 0.25) is 0 Å². The predicted octanol–water partition coefficient (Wildman–Crippen LogP) is 3.05. The summed E-state index contributed by atoms with van der Waals surface area (Å²) in [6.45, 7) is 10.4. The number of carbonyl (C=O) groups is 2. The van der Waals surface area contributed by atoms with Gasteiger partial charge in [0, 0.05) is 29.8 Å². The summed E-state index contributed by atoms with van der Waals surface area (Å²) in [7, 11) is 2.12. The number of amides is 2. The lowest BCUT2D eigenvalue weighted by Gasteiger charge is -2.29. The third kappa shape index (κ3) is 5.30. The van der Waals surface area contributed by atoms with Crippen LogP contribution in [0.4, 0.5) is 5.69 Å². The average Bonchev–Trinajstić information content (AvgIpc) is 2.53. The molecule has 0 unspecified atom stereocenters. The lowest BCUT2D eigenvalue weighted by molar-refractivity contribution is -0.123. The molecule has 0 spiro atoms. The van der Waals surface area contributed by atoms with E-state index in [1.54, 1.807) is 0 Å². The number of carbonyl (C=O) groups excluding carboxylic acids is 2. The summed E-state index contributed by atoms with van der Waals surface area (Å²) in [5.41, 5.74) is 1.65. The van der Waals surface area contributed by atoms with Crippen LogP contribution in [-0.2, 0) is 4.79 Å². The van der Waals surface area contributed by atoms with E-state index >= 15 is 0 Å². The molecule has 25 heavy (non-hydrogen) atoms. The van der Waals surface area contributed by atoms with E-state index in [0.717, 1.165) is 25.1 Å². The first kappa shape index (κ1) is 19.4. The zero-order valence-electron chi connectivity index (χ0n) is 16.1. The molecule has 5 heteroatoms. The summed E-state index contributed by atoms with van der Waals surface area (Å²) in [5, 5.41) is 5.99. The van der Waals surface area contributed by atoms with Crippen LogP contribution in [0.1, 0.15) is 49.5 Å². The zero-order chi connectivity index (χ0) is 18.6. The van der Waals surface area contributed by atoms with Crippen molar-refractivity contribution in [3.63, 3.8) is 0 Å². The van der Waals surface area contributed by atoms with Crippen LogP contribution in [0.3, 0.4) is 0 Å². The molecule has 1 aliphatic rings. The second-order valence-corrected chi connectivity index (χ2v) is 8.16. The standard InChI is InChI=1S/C20H31N3O2/c1-14-16(9-6-10-17(14)22-19(25)20(2,3)4)18(24)21-12-15-8-7-11-23(5)13-15/h6,9-10,15H,7-8,11-13H2,1-5H3,(H,21,24)(H,22,25)/t15-/m1/s1. The molecule has 1 fully saturated rings. The zero-order valence-corrected chi connectivity index (χ0v) is 16.1. The van der Waals surface area contributed by atoms with Crippen molar-refractivity contribution in [2.24, 2.45) is 11.3 Å². The average molecular weight is 345 g/mol. The molecule has 1 aromatic rings. The molecule has 0 radical (unpaired) electrons. The Morgan fingerprint density at radius 2 is 2.00 bits per heavy atom. The van der Waals surface area contributed by atoms with Crippen molar-refractivity contribution in [1.29, 1.82) is 0 Å². The van der Waals surface area contributed by atoms with Gasteiger partial charge in [0.1, 0.15) is 0 Å². The van der Waals surface area contributed by atoms with Gasteiger partial charge in [-0.05, 0) is 57.0 Å². The van der Waals surface area contributed by atoms with Gasteiger partial charge in [0.2, 0.25) is 5.91 Å². The van der Waals surface area contributed by atoms with Crippen molar-refractivity contribution in [3.8, 4) is 0 Å². The Morgan fingerprint density at radius 1 is 1.28 bits per heavy atom. The SMILES string of the molecule is Cc1c(NC(=O)C(C)(C)C)cccc1C(=O)NC[C@H]1CCCN(C)C1. The Kier molecular flexibility index (Phi) is 6.22. The van der Waals surface area contributed by atoms with Crippen LogP contribution in [0.25, 0.3) is 0 Å². The highest BCUT2D eigenvalue weighted by Crippen LogP contribution is 2.23. The summed E-state index contributed by atoms with van der Waals surface area (Å²) in [4.78, 5) is 27.1. The molecule has 138 valence electrons. The highest BCUT2D eigenvalue weighted by Gasteiger charge is 2.23. The molecular formula is C20H31N3O2. The number of nitrogens with zero attached hydrogens (tertiary/aromatic N) is 1. The van der Waals surface area contributed by atoms with Crippen LogP contribution < -0.4 is 10.6 Å². The third-order valence-electron chi connectivity index (χ3n) is 4.78. The number of likely N-dealkylation sites (tertiary alicyclic amines) is 1. The minimum Gasteiger partial charge on any atom is -0.352 e. The number of anilines is 1. The van der Waals surface area contributed by atoms with Crippen LogP contribution >= 0.6 is 0 Å². The monoisotopic (exact) mass is 345 g/mol. The van der Waals surface area contributed by atoms with Gasteiger partial charge in [-0.15, -0.1) is 0 Å². The van der Waals surface area contributed by atoms with Crippen LogP contribution in [-0.4, -0.2) is 43.4 Å². The number of hydrogen-bond acceptors (Lipinski definition) is 3. The van der Waals surface area contributed by atoms with Gasteiger partial charge in [0.15, 0.2) is 0 Å². The van der Waals surface area contributed by atoms with E-state index in [4.69, 9.17) is 0 Å². The lowest BCUT2D eigenvalue weighted by atomic mass is 9.95. The molecular weight excluding hydrogens is 314 g/mol. The van der Waals surface area contributed by atoms with Crippen molar-refractivity contribution >= 4 is 17.5 Å². The molecule has 1 heterocycles. The molecule has 1 aliphatic heterocycles. The smallest absolute Gasteiger partial charge is 0.251 e.